The molecule has 0 atom stereocenters. The zero-order chi connectivity index (χ0) is 25.4. The summed E-state index contributed by atoms with van der Waals surface area (Å²) in [7, 11) is 3.27. The summed E-state index contributed by atoms with van der Waals surface area (Å²) in [6, 6.07) is 5.65. The van der Waals surface area contributed by atoms with E-state index in [4.69, 9.17) is 10.5 Å². The number of hydrogen-bond acceptors (Lipinski definition) is 12. The van der Waals surface area contributed by atoms with Crippen molar-refractivity contribution in [3.8, 4) is 11.8 Å². The fourth-order valence-corrected chi connectivity index (χ4v) is 3.25. The zero-order valence-electron chi connectivity index (χ0n) is 20.1. The highest BCUT2D eigenvalue weighted by Gasteiger charge is 2.18. The number of nitrogens with zero attached hydrogens (tertiary/aromatic N) is 7. The molecule has 0 radical (unpaired) electrons. The second kappa shape index (κ2) is 11.7. The Morgan fingerprint density at radius 1 is 1.23 bits per heavy atom. The van der Waals surface area contributed by atoms with E-state index >= 15 is 0 Å². The van der Waals surface area contributed by atoms with Gasteiger partial charge in [0.1, 0.15) is 17.4 Å². The van der Waals surface area contributed by atoms with Gasteiger partial charge in [-0.15, -0.1) is 15.3 Å². The second-order valence-electron chi connectivity index (χ2n) is 7.59. The smallest absolute Gasteiger partial charge is 0.226 e. The first-order valence-corrected chi connectivity index (χ1v) is 10.9. The van der Waals surface area contributed by atoms with E-state index < -0.39 is 0 Å². The van der Waals surface area contributed by atoms with Crippen LogP contribution in [0.4, 0.5) is 34.8 Å². The van der Waals surface area contributed by atoms with Crippen molar-refractivity contribution in [1.29, 1.82) is 5.26 Å². The largest absolute Gasteiger partial charge is 0.506 e. The quantitative estimate of drug-likeness (QED) is 0.202. The van der Waals surface area contributed by atoms with Gasteiger partial charge in [0.2, 0.25) is 11.8 Å². The SMILES string of the molecule is CNc1nc(NCCN)c(N=Nc2nn(CCOC)cc2C#N)c(Nc2c(C)cc(C)cc2O)n1. The number of phenols is 1. The molecule has 0 aliphatic rings. The number of nitrogens with two attached hydrogens (primary N) is 1. The maximum absolute atomic E-state index is 10.5. The normalized spacial score (nSPS) is 11.0. The highest BCUT2D eigenvalue weighted by Crippen LogP contribution is 2.38. The van der Waals surface area contributed by atoms with Crippen LogP contribution in [-0.4, -0.2) is 58.7 Å². The van der Waals surface area contributed by atoms with E-state index in [2.05, 4.69) is 47.3 Å². The zero-order valence-corrected chi connectivity index (χ0v) is 20.1. The average molecular weight is 480 g/mol. The van der Waals surface area contributed by atoms with Crippen LogP contribution >= 0.6 is 0 Å². The average Bonchev–Trinajstić information content (AvgIpc) is 3.24. The Bertz CT molecular complexity index is 1220. The summed E-state index contributed by atoms with van der Waals surface area (Å²) in [6.45, 7) is 5.44. The van der Waals surface area contributed by atoms with Crippen molar-refractivity contribution in [3.63, 3.8) is 0 Å². The molecule has 6 N–H and O–H groups in total. The van der Waals surface area contributed by atoms with Crippen molar-refractivity contribution in [2.45, 2.75) is 20.4 Å². The van der Waals surface area contributed by atoms with Crippen LogP contribution in [0.3, 0.4) is 0 Å². The van der Waals surface area contributed by atoms with Crippen LogP contribution in [0.25, 0.3) is 0 Å². The molecule has 2 aromatic heterocycles. The van der Waals surface area contributed by atoms with Gasteiger partial charge in [-0.3, -0.25) is 4.68 Å². The van der Waals surface area contributed by atoms with Gasteiger partial charge in [-0.25, -0.2) is 0 Å². The highest BCUT2D eigenvalue weighted by atomic mass is 16.5. The standard InChI is InChI=1S/C22H29N11O2/c1-13-9-14(2)17(16(34)10-13)27-21-18(20(26-6-5-23)28-22(25-3)29-21)30-31-19-15(11-24)12-33(32-19)7-8-35-4/h9-10,12,34H,5-8,23H2,1-4H3,(H3,25,26,27,28,29). The lowest BCUT2D eigenvalue weighted by atomic mass is 10.1. The van der Waals surface area contributed by atoms with Gasteiger partial charge in [0, 0.05) is 33.4 Å². The van der Waals surface area contributed by atoms with E-state index in [0.29, 0.717) is 43.7 Å². The van der Waals surface area contributed by atoms with Crippen molar-refractivity contribution >= 4 is 34.8 Å². The monoisotopic (exact) mass is 479 g/mol. The van der Waals surface area contributed by atoms with Gasteiger partial charge in [0.05, 0.1) is 18.8 Å². The Hall–Kier alpha value is -4.28. The molecule has 0 saturated heterocycles. The molecular weight excluding hydrogens is 450 g/mol. The Labute approximate surface area is 203 Å². The van der Waals surface area contributed by atoms with Gasteiger partial charge in [0.15, 0.2) is 17.3 Å². The number of anilines is 4. The molecule has 13 nitrogen and oxygen atoms in total. The number of ether oxygens (including phenoxy) is 1. The molecule has 1 aromatic carbocycles. The molecule has 2 heterocycles. The maximum Gasteiger partial charge on any atom is 0.226 e. The van der Waals surface area contributed by atoms with Gasteiger partial charge < -0.3 is 31.5 Å². The fourth-order valence-electron chi connectivity index (χ4n) is 3.25. The van der Waals surface area contributed by atoms with E-state index in [1.165, 1.54) is 0 Å². The van der Waals surface area contributed by atoms with Crippen molar-refractivity contribution in [2.75, 3.05) is 49.8 Å². The number of methoxy groups -OCH3 is 1. The van der Waals surface area contributed by atoms with Crippen LogP contribution in [0, 0.1) is 25.2 Å². The summed E-state index contributed by atoms with van der Waals surface area (Å²) in [5, 5.41) is 42.1. The topological polar surface area (TPSA) is 184 Å². The van der Waals surface area contributed by atoms with Crippen molar-refractivity contribution in [3.05, 3.63) is 35.0 Å². The van der Waals surface area contributed by atoms with E-state index in [1.807, 2.05) is 19.9 Å². The minimum atomic E-state index is 0.0649. The van der Waals surface area contributed by atoms with Gasteiger partial charge in [0.25, 0.3) is 0 Å². The van der Waals surface area contributed by atoms with Crippen LogP contribution in [0.15, 0.2) is 28.6 Å². The van der Waals surface area contributed by atoms with E-state index in [0.717, 1.165) is 11.1 Å². The fraction of sp³-hybridized carbons (Fsp3) is 0.364. The number of aromatic hydroxyl groups is 1. The minimum Gasteiger partial charge on any atom is -0.506 e. The van der Waals surface area contributed by atoms with Crippen LogP contribution in [0.2, 0.25) is 0 Å². The van der Waals surface area contributed by atoms with Gasteiger partial charge in [-0.2, -0.15) is 15.2 Å². The predicted molar refractivity (Wildman–Crippen MR) is 133 cm³/mol. The molecule has 0 amide bonds. The molecule has 13 heteroatoms. The summed E-state index contributed by atoms with van der Waals surface area (Å²) in [6.07, 6.45) is 1.58. The predicted octanol–water partition coefficient (Wildman–Crippen LogP) is 3.08. The number of phenolic OH excluding ortho intramolecular Hbond substituents is 1. The molecule has 3 aromatic rings. The number of aryl methyl sites for hydroxylation is 2. The van der Waals surface area contributed by atoms with Crippen LogP contribution in [0.1, 0.15) is 16.7 Å². The number of rotatable bonds is 11. The van der Waals surface area contributed by atoms with Crippen molar-refractivity contribution in [1.82, 2.24) is 19.7 Å². The lowest BCUT2D eigenvalue weighted by molar-refractivity contribution is 0.183. The Morgan fingerprint density at radius 3 is 2.66 bits per heavy atom. The first-order chi connectivity index (χ1) is 16.9. The van der Waals surface area contributed by atoms with Crippen molar-refractivity contribution in [2.24, 2.45) is 16.0 Å². The van der Waals surface area contributed by atoms with E-state index in [-0.39, 0.29) is 28.6 Å². The molecule has 0 aliphatic heterocycles. The number of hydrogen-bond donors (Lipinski definition) is 5. The third-order valence-electron chi connectivity index (χ3n) is 4.88. The number of nitrogens with one attached hydrogen (secondary N) is 3. The molecule has 35 heavy (non-hydrogen) atoms. The molecule has 0 saturated carbocycles. The summed E-state index contributed by atoms with van der Waals surface area (Å²) >= 11 is 0. The Kier molecular flexibility index (Phi) is 8.49. The maximum atomic E-state index is 10.5. The molecule has 0 unspecified atom stereocenters. The summed E-state index contributed by atoms with van der Waals surface area (Å²) in [5.74, 6) is 1.17. The highest BCUT2D eigenvalue weighted by molar-refractivity contribution is 5.81. The van der Waals surface area contributed by atoms with Crippen LogP contribution in [0.5, 0.6) is 5.75 Å². The molecule has 184 valence electrons. The van der Waals surface area contributed by atoms with Crippen LogP contribution < -0.4 is 21.7 Å². The second-order valence-corrected chi connectivity index (χ2v) is 7.59. The van der Waals surface area contributed by atoms with E-state index in [1.54, 1.807) is 31.1 Å². The van der Waals surface area contributed by atoms with Crippen LogP contribution in [-0.2, 0) is 11.3 Å². The van der Waals surface area contributed by atoms with Gasteiger partial charge in [-0.05, 0) is 31.0 Å². The summed E-state index contributed by atoms with van der Waals surface area (Å²) in [4.78, 5) is 8.92. The first kappa shape index (κ1) is 25.3. The Balaban J connectivity index is 2.10. The molecular formula is C22H29N11O2. The minimum absolute atomic E-state index is 0.0649. The number of nitriles is 1. The van der Waals surface area contributed by atoms with Crippen molar-refractivity contribution < 1.29 is 9.84 Å². The third-order valence-corrected chi connectivity index (χ3v) is 4.88. The molecule has 0 aliphatic carbocycles. The number of azo groups is 1. The molecule has 3 rings (SSSR count). The first-order valence-electron chi connectivity index (χ1n) is 10.9. The van der Waals surface area contributed by atoms with E-state index in [9.17, 15) is 10.4 Å². The lowest BCUT2D eigenvalue weighted by Gasteiger charge is -2.16. The summed E-state index contributed by atoms with van der Waals surface area (Å²) < 4.78 is 6.63. The molecule has 0 bridgehead atoms. The van der Waals surface area contributed by atoms with Gasteiger partial charge in [-0.1, -0.05) is 6.07 Å². The number of benzene rings is 1. The third kappa shape index (κ3) is 6.19. The molecule has 0 spiro atoms. The number of aromatic nitrogens is 4. The Morgan fingerprint density at radius 2 is 2.00 bits per heavy atom. The molecule has 0 fully saturated rings. The lowest BCUT2D eigenvalue weighted by Crippen LogP contribution is -2.15. The van der Waals surface area contributed by atoms with Gasteiger partial charge >= 0.3 is 0 Å². The summed E-state index contributed by atoms with van der Waals surface area (Å²) in [5.41, 5.74) is 8.40.